The lowest BCUT2D eigenvalue weighted by molar-refractivity contribution is -0.914. The third-order valence-electron chi connectivity index (χ3n) is 5.03. The average molecular weight is 354 g/mol. The molecule has 0 bridgehead atoms. The van der Waals surface area contributed by atoms with Gasteiger partial charge in [-0.2, -0.15) is 0 Å². The number of anilines is 1. The predicted octanol–water partition coefficient (Wildman–Crippen LogP) is -0.608. The van der Waals surface area contributed by atoms with Crippen LogP contribution in [0.25, 0.3) is 11.2 Å². The SMILES string of the molecule is Cn1nnc2c(N3CC[NH+](Cc4ccc5c(c4)OCO5)CC3)ncnc21. The van der Waals surface area contributed by atoms with E-state index in [0.29, 0.717) is 6.79 Å². The van der Waals surface area contributed by atoms with Crippen molar-refractivity contribution in [2.24, 2.45) is 7.05 Å². The number of rotatable bonds is 3. The molecule has 4 heterocycles. The van der Waals surface area contributed by atoms with Crippen LogP contribution in [0.15, 0.2) is 24.5 Å². The summed E-state index contributed by atoms with van der Waals surface area (Å²) < 4.78 is 12.5. The molecule has 9 heteroatoms. The number of hydrogen-bond donors (Lipinski definition) is 1. The normalized spacial score (nSPS) is 17.2. The molecule has 9 nitrogen and oxygen atoms in total. The smallest absolute Gasteiger partial charge is 0.231 e. The molecule has 2 aromatic heterocycles. The Labute approximate surface area is 150 Å². The van der Waals surface area contributed by atoms with Gasteiger partial charge in [-0.3, -0.25) is 0 Å². The molecular weight excluding hydrogens is 334 g/mol. The van der Waals surface area contributed by atoms with E-state index in [2.05, 4.69) is 37.3 Å². The van der Waals surface area contributed by atoms with Gasteiger partial charge in [0.2, 0.25) is 6.79 Å². The number of fused-ring (bicyclic) bond motifs is 2. The quantitative estimate of drug-likeness (QED) is 0.672. The largest absolute Gasteiger partial charge is 0.454 e. The maximum absolute atomic E-state index is 5.48. The minimum Gasteiger partial charge on any atom is -0.454 e. The second-order valence-electron chi connectivity index (χ2n) is 6.68. The highest BCUT2D eigenvalue weighted by Gasteiger charge is 2.24. The fourth-order valence-corrected chi connectivity index (χ4v) is 3.62. The molecule has 0 unspecified atom stereocenters. The van der Waals surface area contributed by atoms with E-state index in [1.54, 1.807) is 15.9 Å². The molecule has 0 spiro atoms. The zero-order chi connectivity index (χ0) is 17.5. The van der Waals surface area contributed by atoms with Crippen molar-refractivity contribution in [3.63, 3.8) is 0 Å². The van der Waals surface area contributed by atoms with Crippen LogP contribution in [0, 0.1) is 0 Å². The zero-order valence-corrected chi connectivity index (χ0v) is 14.6. The number of nitrogens with one attached hydrogen (secondary N) is 1. The van der Waals surface area contributed by atoms with E-state index in [4.69, 9.17) is 9.47 Å². The molecule has 0 aliphatic carbocycles. The number of aryl methyl sites for hydroxylation is 1. The molecule has 2 aliphatic heterocycles. The van der Waals surface area contributed by atoms with Crippen LogP contribution in [0.2, 0.25) is 0 Å². The second-order valence-corrected chi connectivity index (χ2v) is 6.68. The van der Waals surface area contributed by atoms with Gasteiger partial charge < -0.3 is 19.3 Å². The van der Waals surface area contributed by atoms with E-state index in [9.17, 15) is 0 Å². The zero-order valence-electron chi connectivity index (χ0n) is 14.6. The van der Waals surface area contributed by atoms with E-state index in [1.807, 2.05) is 13.1 Å². The maximum Gasteiger partial charge on any atom is 0.231 e. The molecule has 1 fully saturated rings. The third-order valence-corrected chi connectivity index (χ3v) is 5.03. The van der Waals surface area contributed by atoms with Crippen molar-refractivity contribution in [1.29, 1.82) is 0 Å². The van der Waals surface area contributed by atoms with Gasteiger partial charge in [-0.25, -0.2) is 14.6 Å². The first-order valence-electron chi connectivity index (χ1n) is 8.75. The summed E-state index contributed by atoms with van der Waals surface area (Å²) in [6.07, 6.45) is 1.59. The summed E-state index contributed by atoms with van der Waals surface area (Å²) in [4.78, 5) is 12.5. The van der Waals surface area contributed by atoms with Gasteiger partial charge in [0.15, 0.2) is 28.5 Å². The molecule has 5 rings (SSSR count). The van der Waals surface area contributed by atoms with Crippen LogP contribution in [0.4, 0.5) is 5.82 Å². The van der Waals surface area contributed by atoms with Crippen LogP contribution in [0.1, 0.15) is 5.56 Å². The number of quaternary nitrogens is 1. The molecule has 0 atom stereocenters. The fourth-order valence-electron chi connectivity index (χ4n) is 3.62. The standard InChI is InChI=1S/C17H19N7O2/c1-22-16-15(20-21-22)17(19-10-18-16)24-6-4-23(5-7-24)9-12-2-3-13-14(8-12)26-11-25-13/h2-3,8,10H,4-7,9,11H2,1H3/p+1. The van der Waals surface area contributed by atoms with Crippen molar-refractivity contribution < 1.29 is 14.4 Å². The van der Waals surface area contributed by atoms with E-state index < -0.39 is 0 Å². The summed E-state index contributed by atoms with van der Waals surface area (Å²) >= 11 is 0. The lowest BCUT2D eigenvalue weighted by Gasteiger charge is -2.32. The van der Waals surface area contributed by atoms with Crippen LogP contribution in [0.3, 0.4) is 0 Å². The highest BCUT2D eigenvalue weighted by Crippen LogP contribution is 2.32. The van der Waals surface area contributed by atoms with Crippen molar-refractivity contribution in [1.82, 2.24) is 25.0 Å². The van der Waals surface area contributed by atoms with Crippen molar-refractivity contribution in [3.8, 4) is 11.5 Å². The van der Waals surface area contributed by atoms with Gasteiger partial charge in [0, 0.05) is 12.6 Å². The summed E-state index contributed by atoms with van der Waals surface area (Å²) in [5.41, 5.74) is 2.82. The van der Waals surface area contributed by atoms with Crippen molar-refractivity contribution in [2.45, 2.75) is 6.54 Å². The Bertz CT molecular complexity index is 949. The number of aromatic nitrogens is 5. The van der Waals surface area contributed by atoms with Crippen LogP contribution in [0.5, 0.6) is 11.5 Å². The lowest BCUT2D eigenvalue weighted by atomic mass is 10.1. The van der Waals surface area contributed by atoms with Gasteiger partial charge in [-0.1, -0.05) is 5.21 Å². The van der Waals surface area contributed by atoms with Crippen molar-refractivity contribution >= 4 is 17.0 Å². The first kappa shape index (κ1) is 15.3. The van der Waals surface area contributed by atoms with Crippen LogP contribution in [-0.2, 0) is 13.6 Å². The first-order chi connectivity index (χ1) is 12.8. The molecule has 3 aromatic rings. The van der Waals surface area contributed by atoms with Gasteiger partial charge in [-0.15, -0.1) is 5.10 Å². The first-order valence-corrected chi connectivity index (χ1v) is 8.75. The highest BCUT2D eigenvalue weighted by molar-refractivity contribution is 5.82. The van der Waals surface area contributed by atoms with Gasteiger partial charge in [-0.05, 0) is 18.2 Å². The maximum atomic E-state index is 5.48. The summed E-state index contributed by atoms with van der Waals surface area (Å²) in [5.74, 6) is 2.57. The Morgan fingerprint density at radius 3 is 2.85 bits per heavy atom. The molecule has 2 aliphatic rings. The molecule has 1 aromatic carbocycles. The molecule has 134 valence electrons. The summed E-state index contributed by atoms with van der Waals surface area (Å²) in [7, 11) is 1.85. The summed E-state index contributed by atoms with van der Waals surface area (Å²) in [6.45, 7) is 5.25. The van der Waals surface area contributed by atoms with Gasteiger partial charge in [0.05, 0.1) is 26.2 Å². The molecule has 0 saturated carbocycles. The van der Waals surface area contributed by atoms with E-state index >= 15 is 0 Å². The summed E-state index contributed by atoms with van der Waals surface area (Å²) in [5, 5.41) is 8.29. The van der Waals surface area contributed by atoms with Crippen LogP contribution in [-0.4, -0.2) is 57.9 Å². The lowest BCUT2D eigenvalue weighted by Crippen LogP contribution is -3.13. The third kappa shape index (κ3) is 2.60. The van der Waals surface area contributed by atoms with Gasteiger partial charge in [0.1, 0.15) is 12.9 Å². The number of nitrogens with zero attached hydrogens (tertiary/aromatic N) is 6. The van der Waals surface area contributed by atoms with E-state index in [1.165, 1.54) is 5.56 Å². The molecule has 0 radical (unpaired) electrons. The molecule has 0 amide bonds. The number of ether oxygens (including phenoxy) is 2. The van der Waals surface area contributed by atoms with Gasteiger partial charge >= 0.3 is 0 Å². The summed E-state index contributed by atoms with van der Waals surface area (Å²) in [6, 6.07) is 6.22. The Morgan fingerprint density at radius 1 is 1.12 bits per heavy atom. The monoisotopic (exact) mass is 354 g/mol. The Kier molecular flexibility index (Phi) is 3.59. The Hall–Kier alpha value is -2.94. The number of hydrogen-bond acceptors (Lipinski definition) is 7. The topological polar surface area (TPSA) is 82.6 Å². The Balaban J connectivity index is 1.27. The fraction of sp³-hybridized carbons (Fsp3) is 0.412. The molecule has 26 heavy (non-hydrogen) atoms. The minimum atomic E-state index is 0.320. The number of benzene rings is 1. The van der Waals surface area contributed by atoms with Gasteiger partial charge in [0.25, 0.3) is 0 Å². The van der Waals surface area contributed by atoms with Crippen LogP contribution >= 0.6 is 0 Å². The molecule has 1 saturated heterocycles. The Morgan fingerprint density at radius 2 is 1.96 bits per heavy atom. The average Bonchev–Trinajstić information content (AvgIpc) is 3.29. The van der Waals surface area contributed by atoms with Crippen LogP contribution < -0.4 is 19.3 Å². The predicted molar refractivity (Wildman–Crippen MR) is 93.3 cm³/mol. The van der Waals surface area contributed by atoms with Crippen molar-refractivity contribution in [2.75, 3.05) is 37.9 Å². The van der Waals surface area contributed by atoms with Crippen molar-refractivity contribution in [3.05, 3.63) is 30.1 Å². The van der Waals surface area contributed by atoms with E-state index in [0.717, 1.165) is 61.2 Å². The number of piperazine rings is 1. The molecule has 1 N–H and O–H groups in total. The molecular formula is C17H20N7O2+. The minimum absolute atomic E-state index is 0.320. The highest BCUT2D eigenvalue weighted by atomic mass is 16.7. The van der Waals surface area contributed by atoms with E-state index in [-0.39, 0.29) is 0 Å². The second kappa shape index (κ2) is 6.10.